The SMILES string of the molecule is Cc1ccc(C)c(OCCCSc2ccc(N)cn2)c1. The lowest BCUT2D eigenvalue weighted by Gasteiger charge is -2.09. The van der Waals surface area contributed by atoms with Crippen molar-refractivity contribution < 1.29 is 4.74 Å². The van der Waals surface area contributed by atoms with Crippen LogP contribution in [0.25, 0.3) is 0 Å². The fourth-order valence-corrected chi connectivity index (χ4v) is 2.52. The Kier molecular flexibility index (Phi) is 5.30. The number of nitrogen functional groups attached to an aromatic ring is 1. The van der Waals surface area contributed by atoms with Gasteiger partial charge in [-0.3, -0.25) is 0 Å². The van der Waals surface area contributed by atoms with Gasteiger partial charge in [-0.05, 0) is 49.6 Å². The molecule has 1 aromatic heterocycles. The minimum atomic E-state index is 0.701. The van der Waals surface area contributed by atoms with E-state index in [1.807, 2.05) is 12.1 Å². The summed E-state index contributed by atoms with van der Waals surface area (Å²) < 4.78 is 5.82. The Morgan fingerprint density at radius 1 is 1.20 bits per heavy atom. The van der Waals surface area contributed by atoms with Crippen molar-refractivity contribution in [3.8, 4) is 5.75 Å². The fraction of sp³-hybridized carbons (Fsp3) is 0.312. The van der Waals surface area contributed by atoms with Gasteiger partial charge in [-0.2, -0.15) is 0 Å². The van der Waals surface area contributed by atoms with Crippen LogP contribution in [0.5, 0.6) is 5.75 Å². The van der Waals surface area contributed by atoms with Crippen molar-refractivity contribution in [2.24, 2.45) is 0 Å². The first kappa shape index (κ1) is 14.7. The van der Waals surface area contributed by atoms with Gasteiger partial charge in [0.15, 0.2) is 0 Å². The molecule has 0 radical (unpaired) electrons. The average molecular weight is 288 g/mol. The fourth-order valence-electron chi connectivity index (χ4n) is 1.76. The molecule has 2 aromatic rings. The van der Waals surface area contributed by atoms with E-state index in [2.05, 4.69) is 37.0 Å². The van der Waals surface area contributed by atoms with E-state index in [4.69, 9.17) is 10.5 Å². The number of pyridine rings is 1. The molecular formula is C16H20N2OS. The largest absolute Gasteiger partial charge is 0.493 e. The number of anilines is 1. The Labute approximate surface area is 124 Å². The lowest BCUT2D eigenvalue weighted by Crippen LogP contribution is -2.00. The third kappa shape index (κ3) is 4.46. The maximum Gasteiger partial charge on any atom is 0.122 e. The van der Waals surface area contributed by atoms with Crippen LogP contribution >= 0.6 is 11.8 Å². The van der Waals surface area contributed by atoms with E-state index < -0.39 is 0 Å². The van der Waals surface area contributed by atoms with E-state index in [9.17, 15) is 0 Å². The molecule has 2 N–H and O–H groups in total. The van der Waals surface area contributed by atoms with E-state index in [1.165, 1.54) is 11.1 Å². The number of rotatable bonds is 6. The molecule has 106 valence electrons. The number of hydrogen-bond donors (Lipinski definition) is 1. The van der Waals surface area contributed by atoms with Crippen molar-refractivity contribution in [2.75, 3.05) is 18.1 Å². The van der Waals surface area contributed by atoms with Gasteiger partial charge < -0.3 is 10.5 Å². The molecule has 2 rings (SSSR count). The highest BCUT2D eigenvalue weighted by molar-refractivity contribution is 7.99. The summed E-state index contributed by atoms with van der Waals surface area (Å²) in [5, 5.41) is 1.01. The summed E-state index contributed by atoms with van der Waals surface area (Å²) in [6.45, 7) is 4.88. The molecule has 1 aromatic carbocycles. The van der Waals surface area contributed by atoms with Crippen LogP contribution in [-0.2, 0) is 0 Å². The van der Waals surface area contributed by atoms with E-state index >= 15 is 0 Å². The molecule has 20 heavy (non-hydrogen) atoms. The van der Waals surface area contributed by atoms with Crippen LogP contribution in [0.3, 0.4) is 0 Å². The van der Waals surface area contributed by atoms with Crippen molar-refractivity contribution >= 4 is 17.4 Å². The molecule has 3 nitrogen and oxygen atoms in total. The van der Waals surface area contributed by atoms with Crippen LogP contribution in [0.1, 0.15) is 17.5 Å². The van der Waals surface area contributed by atoms with Crippen LogP contribution in [0.15, 0.2) is 41.6 Å². The zero-order valence-corrected chi connectivity index (χ0v) is 12.7. The van der Waals surface area contributed by atoms with Crippen LogP contribution in [-0.4, -0.2) is 17.3 Å². The first-order valence-corrected chi connectivity index (χ1v) is 7.68. The molecule has 0 spiro atoms. The van der Waals surface area contributed by atoms with Gasteiger partial charge in [-0.1, -0.05) is 12.1 Å². The summed E-state index contributed by atoms with van der Waals surface area (Å²) in [6, 6.07) is 10.1. The summed E-state index contributed by atoms with van der Waals surface area (Å²) in [6.07, 6.45) is 2.68. The second-order valence-corrected chi connectivity index (χ2v) is 5.86. The predicted molar refractivity (Wildman–Crippen MR) is 85.4 cm³/mol. The Hall–Kier alpha value is -1.68. The number of ether oxygens (including phenoxy) is 1. The molecule has 0 aliphatic rings. The number of nitrogens with two attached hydrogens (primary N) is 1. The first-order chi connectivity index (χ1) is 9.65. The summed E-state index contributed by atoms with van der Waals surface area (Å²) in [7, 11) is 0. The summed E-state index contributed by atoms with van der Waals surface area (Å²) in [5.74, 6) is 1.97. The average Bonchev–Trinajstić information content (AvgIpc) is 2.44. The zero-order valence-electron chi connectivity index (χ0n) is 11.9. The van der Waals surface area contributed by atoms with Crippen molar-refractivity contribution in [3.63, 3.8) is 0 Å². The van der Waals surface area contributed by atoms with Gasteiger partial charge in [0.2, 0.25) is 0 Å². The topological polar surface area (TPSA) is 48.1 Å². The van der Waals surface area contributed by atoms with Crippen molar-refractivity contribution in [3.05, 3.63) is 47.7 Å². The monoisotopic (exact) mass is 288 g/mol. The maximum absolute atomic E-state index is 5.82. The van der Waals surface area contributed by atoms with Gasteiger partial charge in [0.05, 0.1) is 23.5 Å². The lowest BCUT2D eigenvalue weighted by atomic mass is 10.1. The van der Waals surface area contributed by atoms with Gasteiger partial charge in [-0.25, -0.2) is 4.98 Å². The molecule has 0 aliphatic heterocycles. The normalized spacial score (nSPS) is 10.5. The van der Waals surface area contributed by atoms with Gasteiger partial charge in [0.1, 0.15) is 5.75 Å². The van der Waals surface area contributed by atoms with Gasteiger partial charge in [-0.15, -0.1) is 11.8 Å². The zero-order chi connectivity index (χ0) is 14.4. The number of nitrogens with zero attached hydrogens (tertiary/aromatic N) is 1. The van der Waals surface area contributed by atoms with Crippen molar-refractivity contribution in [1.29, 1.82) is 0 Å². The number of aromatic nitrogens is 1. The second kappa shape index (κ2) is 7.20. The van der Waals surface area contributed by atoms with Crippen LogP contribution in [0, 0.1) is 13.8 Å². The standard InChI is InChI=1S/C16H20N2OS/c1-12-4-5-13(2)15(10-12)19-8-3-9-20-16-7-6-14(17)11-18-16/h4-7,10-11H,3,8-9,17H2,1-2H3. The molecule has 0 atom stereocenters. The Morgan fingerprint density at radius 3 is 2.80 bits per heavy atom. The highest BCUT2D eigenvalue weighted by atomic mass is 32.2. The third-order valence-electron chi connectivity index (χ3n) is 2.90. The molecule has 0 amide bonds. The number of benzene rings is 1. The molecule has 4 heteroatoms. The van der Waals surface area contributed by atoms with Gasteiger partial charge in [0, 0.05) is 5.75 Å². The highest BCUT2D eigenvalue weighted by Gasteiger charge is 2.00. The summed E-state index contributed by atoms with van der Waals surface area (Å²) in [5.41, 5.74) is 8.72. The molecule has 0 fully saturated rings. The van der Waals surface area contributed by atoms with Gasteiger partial charge in [0.25, 0.3) is 0 Å². The Balaban J connectivity index is 1.71. The molecule has 0 saturated carbocycles. The molecule has 0 saturated heterocycles. The lowest BCUT2D eigenvalue weighted by molar-refractivity contribution is 0.316. The summed E-state index contributed by atoms with van der Waals surface area (Å²) >= 11 is 1.72. The van der Waals surface area contributed by atoms with Crippen LogP contribution < -0.4 is 10.5 Å². The van der Waals surface area contributed by atoms with E-state index in [0.717, 1.165) is 29.6 Å². The summed E-state index contributed by atoms with van der Waals surface area (Å²) in [4.78, 5) is 4.26. The van der Waals surface area contributed by atoms with E-state index in [0.29, 0.717) is 5.69 Å². The third-order valence-corrected chi connectivity index (χ3v) is 3.93. The quantitative estimate of drug-likeness (QED) is 0.648. The molecular weight excluding hydrogens is 268 g/mol. The number of thioether (sulfide) groups is 1. The predicted octanol–water partition coefficient (Wildman–Crippen LogP) is 3.84. The Bertz CT molecular complexity index is 555. The van der Waals surface area contributed by atoms with Gasteiger partial charge >= 0.3 is 0 Å². The molecule has 0 bridgehead atoms. The van der Waals surface area contributed by atoms with Crippen molar-refractivity contribution in [2.45, 2.75) is 25.3 Å². The highest BCUT2D eigenvalue weighted by Crippen LogP contribution is 2.20. The van der Waals surface area contributed by atoms with Crippen LogP contribution in [0.4, 0.5) is 5.69 Å². The first-order valence-electron chi connectivity index (χ1n) is 6.69. The minimum absolute atomic E-state index is 0.701. The smallest absolute Gasteiger partial charge is 0.122 e. The molecule has 1 heterocycles. The van der Waals surface area contributed by atoms with Crippen LogP contribution in [0.2, 0.25) is 0 Å². The maximum atomic E-state index is 5.82. The molecule has 0 unspecified atom stereocenters. The van der Waals surface area contributed by atoms with E-state index in [1.54, 1.807) is 18.0 Å². The number of aryl methyl sites for hydroxylation is 2. The minimum Gasteiger partial charge on any atom is -0.493 e. The Morgan fingerprint density at radius 2 is 2.05 bits per heavy atom. The second-order valence-electron chi connectivity index (χ2n) is 4.75. The van der Waals surface area contributed by atoms with E-state index in [-0.39, 0.29) is 0 Å². The number of hydrogen-bond acceptors (Lipinski definition) is 4. The molecule has 0 aliphatic carbocycles. The van der Waals surface area contributed by atoms with Crippen molar-refractivity contribution in [1.82, 2.24) is 4.98 Å².